The number of nitrogens with zero attached hydrogens (tertiary/aromatic N) is 1. The van der Waals surface area contributed by atoms with Crippen molar-refractivity contribution in [3.8, 4) is 0 Å². The number of thioether (sulfide) groups is 1. The van der Waals surface area contributed by atoms with E-state index in [1.165, 1.54) is 16.5 Å². The summed E-state index contributed by atoms with van der Waals surface area (Å²) in [4.78, 5) is 30.5. The van der Waals surface area contributed by atoms with E-state index in [9.17, 15) is 9.59 Å². The van der Waals surface area contributed by atoms with Gasteiger partial charge in [-0.25, -0.2) is 4.98 Å². The zero-order valence-electron chi connectivity index (χ0n) is 16.5. The van der Waals surface area contributed by atoms with E-state index in [0.717, 1.165) is 38.8 Å². The Balaban J connectivity index is 1.19. The van der Waals surface area contributed by atoms with Crippen molar-refractivity contribution in [3.63, 3.8) is 0 Å². The van der Waals surface area contributed by atoms with E-state index in [-0.39, 0.29) is 18.2 Å². The summed E-state index contributed by atoms with van der Waals surface area (Å²) in [6.45, 7) is 0. The first kappa shape index (κ1) is 19.8. The quantitative estimate of drug-likeness (QED) is 0.436. The van der Waals surface area contributed by atoms with Crippen molar-refractivity contribution in [1.82, 2.24) is 4.98 Å². The number of anilines is 2. The molecule has 1 atom stereocenters. The van der Waals surface area contributed by atoms with Gasteiger partial charge in [0.25, 0.3) is 0 Å². The summed E-state index contributed by atoms with van der Waals surface area (Å²) < 4.78 is 1.19. The second-order valence-electron chi connectivity index (χ2n) is 7.29. The first-order valence-corrected chi connectivity index (χ1v) is 11.6. The second-order valence-corrected chi connectivity index (χ2v) is 9.65. The standard InChI is InChI=1S/C24H19N3O2S2/c28-22(14-21-24(29)27-18-6-2-3-7-19(18)30-21)25-16-11-9-15(10-12-16)13-23-26-17-5-1-4-8-20(17)31-23/h1-12,21H,13-14H2,(H,25,28)(H,27,29). The predicted octanol–water partition coefficient (Wildman–Crippen LogP) is 5.33. The number of benzene rings is 3. The normalized spacial score (nSPS) is 15.4. The van der Waals surface area contributed by atoms with E-state index < -0.39 is 5.25 Å². The third-order valence-corrected chi connectivity index (χ3v) is 7.32. The molecule has 1 aliphatic rings. The zero-order chi connectivity index (χ0) is 21.2. The van der Waals surface area contributed by atoms with E-state index in [2.05, 4.69) is 21.7 Å². The number of thiazole rings is 1. The minimum atomic E-state index is -0.437. The summed E-state index contributed by atoms with van der Waals surface area (Å²) in [6, 6.07) is 23.5. The van der Waals surface area contributed by atoms with E-state index in [4.69, 9.17) is 0 Å². The van der Waals surface area contributed by atoms with Crippen molar-refractivity contribution >= 4 is 56.5 Å². The van der Waals surface area contributed by atoms with Crippen LogP contribution >= 0.6 is 23.1 Å². The molecule has 31 heavy (non-hydrogen) atoms. The Morgan fingerprint density at radius 3 is 2.61 bits per heavy atom. The van der Waals surface area contributed by atoms with Crippen LogP contribution in [0.1, 0.15) is 17.0 Å². The van der Waals surface area contributed by atoms with Crippen LogP contribution in [0.25, 0.3) is 10.2 Å². The van der Waals surface area contributed by atoms with Crippen molar-refractivity contribution in [1.29, 1.82) is 0 Å². The average Bonchev–Trinajstić information content (AvgIpc) is 3.18. The van der Waals surface area contributed by atoms with Crippen molar-refractivity contribution in [2.45, 2.75) is 23.0 Å². The Hall–Kier alpha value is -3.16. The number of hydrogen-bond donors (Lipinski definition) is 2. The molecule has 1 aliphatic heterocycles. The van der Waals surface area contributed by atoms with Gasteiger partial charge in [0, 0.05) is 23.4 Å². The zero-order valence-corrected chi connectivity index (χ0v) is 18.1. The first-order valence-electron chi connectivity index (χ1n) is 9.94. The SMILES string of the molecule is O=C(CC1Sc2ccccc2NC1=O)Nc1ccc(Cc2nc3ccccc3s2)cc1. The molecule has 2 heterocycles. The molecule has 0 saturated carbocycles. The highest BCUT2D eigenvalue weighted by Crippen LogP contribution is 2.36. The molecule has 7 heteroatoms. The lowest BCUT2D eigenvalue weighted by Crippen LogP contribution is -2.32. The number of carbonyl (C=O) groups excluding carboxylic acids is 2. The first-order chi connectivity index (χ1) is 15.1. The summed E-state index contributed by atoms with van der Waals surface area (Å²) >= 11 is 3.13. The molecular formula is C24H19N3O2S2. The van der Waals surface area contributed by atoms with Crippen LogP contribution in [0.5, 0.6) is 0 Å². The molecule has 2 amide bonds. The minimum absolute atomic E-state index is 0.123. The van der Waals surface area contributed by atoms with Gasteiger partial charge in [-0.3, -0.25) is 9.59 Å². The van der Waals surface area contributed by atoms with Crippen LogP contribution in [-0.2, 0) is 16.0 Å². The van der Waals surface area contributed by atoms with Gasteiger partial charge in [-0.1, -0.05) is 36.4 Å². The van der Waals surface area contributed by atoms with E-state index in [1.54, 1.807) is 11.3 Å². The van der Waals surface area contributed by atoms with Gasteiger partial charge in [-0.05, 0) is 42.0 Å². The van der Waals surface area contributed by atoms with Gasteiger partial charge in [0.2, 0.25) is 11.8 Å². The Kier molecular flexibility index (Phi) is 5.44. The molecule has 5 nitrogen and oxygen atoms in total. The summed E-state index contributed by atoms with van der Waals surface area (Å²) in [5.41, 5.74) is 3.69. The number of rotatable bonds is 5. The Morgan fingerprint density at radius 2 is 1.77 bits per heavy atom. The highest BCUT2D eigenvalue weighted by Gasteiger charge is 2.28. The van der Waals surface area contributed by atoms with Crippen LogP contribution in [0.2, 0.25) is 0 Å². The second kappa shape index (κ2) is 8.53. The number of fused-ring (bicyclic) bond motifs is 2. The maximum absolute atomic E-state index is 12.5. The van der Waals surface area contributed by atoms with Crippen molar-refractivity contribution < 1.29 is 9.59 Å². The molecule has 0 fully saturated rings. The maximum atomic E-state index is 12.5. The van der Waals surface area contributed by atoms with Crippen molar-refractivity contribution in [2.75, 3.05) is 10.6 Å². The molecule has 4 aromatic rings. The molecule has 154 valence electrons. The molecule has 0 bridgehead atoms. The van der Waals surface area contributed by atoms with Crippen LogP contribution in [0, 0.1) is 0 Å². The average molecular weight is 446 g/mol. The Bertz CT molecular complexity index is 1230. The Morgan fingerprint density at radius 1 is 1.00 bits per heavy atom. The summed E-state index contributed by atoms with van der Waals surface area (Å²) in [7, 11) is 0. The number of para-hydroxylation sites is 2. The number of nitrogens with one attached hydrogen (secondary N) is 2. The van der Waals surface area contributed by atoms with Gasteiger partial charge in [0.1, 0.15) is 0 Å². The van der Waals surface area contributed by atoms with Gasteiger partial charge in [-0.15, -0.1) is 23.1 Å². The van der Waals surface area contributed by atoms with Crippen LogP contribution in [0.4, 0.5) is 11.4 Å². The molecular weight excluding hydrogens is 426 g/mol. The third-order valence-electron chi connectivity index (χ3n) is 5.01. The number of carbonyl (C=O) groups is 2. The van der Waals surface area contributed by atoms with E-state index in [0.29, 0.717) is 0 Å². The van der Waals surface area contributed by atoms with Crippen LogP contribution < -0.4 is 10.6 Å². The number of aromatic nitrogens is 1. The topological polar surface area (TPSA) is 71.1 Å². The monoisotopic (exact) mass is 445 g/mol. The third kappa shape index (κ3) is 4.47. The number of hydrogen-bond acceptors (Lipinski definition) is 5. The molecule has 0 radical (unpaired) electrons. The minimum Gasteiger partial charge on any atom is -0.326 e. The largest absolute Gasteiger partial charge is 0.326 e. The predicted molar refractivity (Wildman–Crippen MR) is 127 cm³/mol. The summed E-state index contributed by atoms with van der Waals surface area (Å²) in [5, 5.41) is 6.41. The summed E-state index contributed by atoms with van der Waals surface area (Å²) in [6.07, 6.45) is 0.879. The van der Waals surface area contributed by atoms with Gasteiger partial charge in [0.05, 0.1) is 26.2 Å². The fourth-order valence-electron chi connectivity index (χ4n) is 3.48. The fourth-order valence-corrected chi connectivity index (χ4v) is 5.60. The molecule has 1 aromatic heterocycles. The summed E-state index contributed by atoms with van der Waals surface area (Å²) in [5.74, 6) is -0.309. The van der Waals surface area contributed by atoms with Gasteiger partial charge < -0.3 is 10.6 Å². The fraction of sp³-hybridized carbons (Fsp3) is 0.125. The van der Waals surface area contributed by atoms with Gasteiger partial charge >= 0.3 is 0 Å². The van der Waals surface area contributed by atoms with Gasteiger partial charge in [0.15, 0.2) is 0 Å². The lowest BCUT2D eigenvalue weighted by atomic mass is 10.1. The smallest absolute Gasteiger partial charge is 0.238 e. The van der Waals surface area contributed by atoms with E-state index >= 15 is 0 Å². The molecule has 3 aromatic carbocycles. The highest BCUT2D eigenvalue weighted by molar-refractivity contribution is 8.01. The lowest BCUT2D eigenvalue weighted by Gasteiger charge is -2.23. The molecule has 0 aliphatic carbocycles. The molecule has 2 N–H and O–H groups in total. The molecule has 5 rings (SSSR count). The molecule has 0 spiro atoms. The number of amides is 2. The van der Waals surface area contributed by atoms with Crippen molar-refractivity contribution in [2.24, 2.45) is 0 Å². The van der Waals surface area contributed by atoms with Crippen LogP contribution in [0.3, 0.4) is 0 Å². The highest BCUT2D eigenvalue weighted by atomic mass is 32.2. The van der Waals surface area contributed by atoms with Crippen LogP contribution in [-0.4, -0.2) is 22.0 Å². The molecule has 0 saturated heterocycles. The maximum Gasteiger partial charge on any atom is 0.238 e. The van der Waals surface area contributed by atoms with Crippen molar-refractivity contribution in [3.05, 3.63) is 83.4 Å². The lowest BCUT2D eigenvalue weighted by molar-refractivity contribution is -0.120. The molecule has 1 unspecified atom stereocenters. The van der Waals surface area contributed by atoms with Crippen LogP contribution in [0.15, 0.2) is 77.7 Å². The van der Waals surface area contributed by atoms with Gasteiger partial charge in [-0.2, -0.15) is 0 Å². The van der Waals surface area contributed by atoms with E-state index in [1.807, 2.05) is 66.7 Å². The Labute approximate surface area is 187 Å².